The maximum Gasteiger partial charge on any atom is 2.00 e. The van der Waals surface area contributed by atoms with Crippen molar-refractivity contribution in [3.05, 3.63) is 99.8 Å². The van der Waals surface area contributed by atoms with E-state index in [1.165, 1.54) is 269 Å². The predicted molar refractivity (Wildman–Crippen MR) is 313 cm³/mol. The topological polar surface area (TPSA) is 36.4 Å². The molecule has 0 aliphatic heterocycles. The van der Waals surface area contributed by atoms with Crippen molar-refractivity contribution in [3.8, 4) is 0 Å². The molecule has 0 saturated heterocycles. The second-order valence-electron chi connectivity index (χ2n) is 20.9. The summed E-state index contributed by atoms with van der Waals surface area (Å²) in [7, 11) is 0. The van der Waals surface area contributed by atoms with Gasteiger partial charge >= 0.3 is 22.4 Å². The summed E-state index contributed by atoms with van der Waals surface area (Å²) < 4.78 is 0. The maximum absolute atomic E-state index is 9.21. The number of hydrogen-bond donors (Lipinski definition) is 0. The molecule has 0 saturated carbocycles. The van der Waals surface area contributed by atoms with Gasteiger partial charge in [-0.2, -0.15) is 12.8 Å². The summed E-state index contributed by atoms with van der Waals surface area (Å²) in [4.78, 5) is 3.23. The summed E-state index contributed by atoms with van der Waals surface area (Å²) in [6.45, 7) is 27.9. The standard InChI is InChI=1S/C33H46N2.2C17H35.Ni/c1-8-12-15-28-21-31(22-29(16-13-9-2)32(28)17-14-10-3)33(20-27(11-4)23-35-34)30-18-24(5)26(7)25(6)19-30;2*1-3-5-7-9-11-13-15-17-16-14-12-10-8-6-4-2;/h18-22H,8-17H2,1-7H3;2*1,3-17H2,2H3;/q;2*-1;+2. The van der Waals surface area contributed by atoms with Crippen molar-refractivity contribution in [3.63, 3.8) is 0 Å². The molecule has 70 heavy (non-hydrogen) atoms. The number of rotatable bonds is 41. The molecule has 0 bridgehead atoms. The number of hydrogen-bond acceptors (Lipinski definition) is 0. The van der Waals surface area contributed by atoms with Crippen molar-refractivity contribution in [2.75, 3.05) is 0 Å². The Hall–Kier alpha value is -2.17. The first kappa shape index (κ1) is 69.9. The molecule has 404 valence electrons. The van der Waals surface area contributed by atoms with Crippen molar-refractivity contribution in [1.29, 1.82) is 0 Å². The molecule has 0 aliphatic carbocycles. The van der Waals surface area contributed by atoms with Gasteiger partial charge in [-0.3, -0.25) is 0 Å². The zero-order valence-corrected chi connectivity index (χ0v) is 49.3. The summed E-state index contributed by atoms with van der Waals surface area (Å²) >= 11 is 0. The third-order valence-corrected chi connectivity index (χ3v) is 14.5. The Morgan fingerprint density at radius 2 is 0.743 bits per heavy atom. The molecule has 0 spiro atoms. The molecular weight excluding hydrogens is 891 g/mol. The van der Waals surface area contributed by atoms with Gasteiger partial charge in [0, 0.05) is 0 Å². The first-order valence-corrected chi connectivity index (χ1v) is 30.2. The Labute approximate surface area is 449 Å². The van der Waals surface area contributed by atoms with Crippen molar-refractivity contribution in [2.24, 2.45) is 0 Å². The summed E-state index contributed by atoms with van der Waals surface area (Å²) in [5, 5.41) is 0. The average molecular weight is 1010 g/mol. The van der Waals surface area contributed by atoms with Crippen LogP contribution in [0, 0.1) is 34.6 Å². The van der Waals surface area contributed by atoms with Gasteiger partial charge in [-0.25, -0.2) is 0 Å². The van der Waals surface area contributed by atoms with Crippen LogP contribution in [0.1, 0.15) is 324 Å². The molecule has 0 radical (unpaired) electrons. The quantitative estimate of drug-likeness (QED) is 0.0121. The van der Waals surface area contributed by atoms with E-state index in [9.17, 15) is 5.53 Å². The summed E-state index contributed by atoms with van der Waals surface area (Å²) in [6.07, 6.45) is 56.4. The fraction of sp³-hybridized carbons (Fsp3) is 0.731. The molecule has 2 aromatic carbocycles. The van der Waals surface area contributed by atoms with Crippen LogP contribution in [-0.4, -0.2) is 10.7 Å². The number of allylic oxidation sites excluding steroid dienone is 2. The van der Waals surface area contributed by atoms with Gasteiger partial charge in [0.1, 0.15) is 0 Å². The second kappa shape index (κ2) is 51.7. The van der Waals surface area contributed by atoms with E-state index in [1.807, 2.05) is 0 Å². The van der Waals surface area contributed by atoms with Crippen LogP contribution in [0.25, 0.3) is 11.1 Å². The van der Waals surface area contributed by atoms with Crippen molar-refractivity contribution >= 4 is 11.4 Å². The molecule has 2 rings (SSSR count). The molecule has 2 nitrogen and oxygen atoms in total. The summed E-state index contributed by atoms with van der Waals surface area (Å²) in [5.74, 6) is 2.80. The van der Waals surface area contributed by atoms with Crippen LogP contribution in [0.5, 0.6) is 0 Å². The van der Waals surface area contributed by atoms with Crippen LogP contribution in [0.2, 0.25) is 0 Å². The fourth-order valence-corrected chi connectivity index (χ4v) is 9.53. The number of unbranched alkanes of at least 4 members (excludes halogenated alkanes) is 31. The SMILES string of the molecule is CCCCc1cc(C(=CC(=C=[N+]=[N-])CC)c2cc(C)c(C)c(C)c2)cc(CCCC)c1CCCC.[CH2-]CCCCCCCCCCCCCCCC.[CH2-]CCCCCCCCCCCCCCCC.[Ni+2]. The molecule has 0 amide bonds. The van der Waals surface area contributed by atoms with E-state index in [-0.39, 0.29) is 16.5 Å². The Morgan fingerprint density at radius 3 is 1.04 bits per heavy atom. The van der Waals surface area contributed by atoms with E-state index in [2.05, 4.69) is 117 Å². The van der Waals surface area contributed by atoms with E-state index in [1.54, 1.807) is 5.56 Å². The van der Waals surface area contributed by atoms with Crippen LogP contribution in [-0.2, 0) is 35.8 Å². The van der Waals surface area contributed by atoms with Crippen LogP contribution in [0.15, 0.2) is 35.9 Å². The Morgan fingerprint density at radius 1 is 0.443 bits per heavy atom. The molecule has 0 atom stereocenters. The Kier molecular flexibility index (Phi) is 51.7. The van der Waals surface area contributed by atoms with E-state index >= 15 is 0 Å². The minimum atomic E-state index is 0. The van der Waals surface area contributed by atoms with E-state index in [4.69, 9.17) is 0 Å². The van der Waals surface area contributed by atoms with E-state index in [0.717, 1.165) is 37.7 Å². The first-order chi connectivity index (χ1) is 33.7. The molecule has 0 aliphatic rings. The smallest absolute Gasteiger partial charge is 0.348 e. The van der Waals surface area contributed by atoms with Gasteiger partial charge in [0.05, 0.1) is 5.57 Å². The second-order valence-corrected chi connectivity index (χ2v) is 20.9. The zero-order chi connectivity index (χ0) is 51.0. The normalized spacial score (nSPS) is 11.0. The largest absolute Gasteiger partial charge is 2.00 e. The molecule has 0 aromatic heterocycles. The van der Waals surface area contributed by atoms with Crippen LogP contribution >= 0.6 is 0 Å². The number of nitrogens with zero attached hydrogens (tertiary/aromatic N) is 2. The molecule has 2 aromatic rings. The van der Waals surface area contributed by atoms with Gasteiger partial charge in [-0.05, 0) is 122 Å². The molecule has 0 heterocycles. The third-order valence-electron chi connectivity index (χ3n) is 14.5. The third kappa shape index (κ3) is 36.7. The van der Waals surface area contributed by atoms with Crippen LogP contribution < -0.4 is 0 Å². The van der Waals surface area contributed by atoms with Gasteiger partial charge in [0.25, 0.3) is 0 Å². The number of aryl methyl sites for hydroxylation is 4. The van der Waals surface area contributed by atoms with Gasteiger partial charge < -0.3 is 19.4 Å². The molecule has 3 heteroatoms. The van der Waals surface area contributed by atoms with E-state index < -0.39 is 0 Å². The predicted octanol–water partition coefficient (Wildman–Crippen LogP) is 22.7. The number of benzene rings is 2. The van der Waals surface area contributed by atoms with Crippen molar-refractivity contribution < 1.29 is 21.3 Å². The van der Waals surface area contributed by atoms with Gasteiger partial charge in [0.2, 0.25) is 0 Å². The summed E-state index contributed by atoms with van der Waals surface area (Å²) in [6, 6.07) is 9.52. The summed E-state index contributed by atoms with van der Waals surface area (Å²) in [5.41, 5.74) is 22.4. The van der Waals surface area contributed by atoms with Gasteiger partial charge in [0.15, 0.2) is 0 Å². The van der Waals surface area contributed by atoms with Crippen molar-refractivity contribution in [2.45, 2.75) is 319 Å². The zero-order valence-electron chi connectivity index (χ0n) is 48.3. The molecular formula is C67H116N2Ni. The molecule has 0 N–H and O–H groups in total. The van der Waals surface area contributed by atoms with Crippen LogP contribution in [0.4, 0.5) is 0 Å². The van der Waals surface area contributed by atoms with E-state index in [0.29, 0.717) is 0 Å². The first-order valence-electron chi connectivity index (χ1n) is 30.2. The maximum atomic E-state index is 9.21. The fourth-order valence-electron chi connectivity index (χ4n) is 9.53. The van der Waals surface area contributed by atoms with Crippen molar-refractivity contribution in [1.82, 2.24) is 0 Å². The van der Waals surface area contributed by atoms with Crippen LogP contribution in [0.3, 0.4) is 0 Å². The minimum absolute atomic E-state index is 0. The van der Waals surface area contributed by atoms with Gasteiger partial charge in [-0.15, -0.1) is 4.79 Å². The minimum Gasteiger partial charge on any atom is -0.348 e. The molecule has 0 fully saturated rings. The Balaban J connectivity index is 0. The monoisotopic (exact) mass is 1010 g/mol. The molecule has 0 unspecified atom stereocenters. The average Bonchev–Trinajstić information content (AvgIpc) is 3.35. The Bertz CT molecular complexity index is 1490. The van der Waals surface area contributed by atoms with Gasteiger partial charge in [-0.1, -0.05) is 265 Å².